The van der Waals surface area contributed by atoms with Crippen LogP contribution in [0, 0.1) is 11.8 Å². The largest absolute Gasteiger partial charge is 0.494 e. The number of likely N-dealkylation sites (N-methyl/N-ethyl adjacent to an activating group) is 1. The fourth-order valence-corrected chi connectivity index (χ4v) is 4.41. The van der Waals surface area contributed by atoms with Gasteiger partial charge < -0.3 is 20.2 Å². The second-order valence-corrected chi connectivity index (χ2v) is 9.83. The molecule has 1 aromatic heterocycles. The summed E-state index contributed by atoms with van der Waals surface area (Å²) in [5.41, 5.74) is 3.57. The van der Waals surface area contributed by atoms with Gasteiger partial charge in [-0.2, -0.15) is 0 Å². The van der Waals surface area contributed by atoms with Gasteiger partial charge in [-0.05, 0) is 31.8 Å². The third-order valence-electron chi connectivity index (χ3n) is 6.33. The molecule has 4 rings (SSSR count). The molecule has 35 heavy (non-hydrogen) atoms. The molecular formula is C24H33N7O4. The fraction of sp³-hybridized carbons (Fsp3) is 0.542. The van der Waals surface area contributed by atoms with E-state index in [4.69, 9.17) is 0 Å². The number of carbonyl (C=O) groups excluding carboxylic acids is 3. The van der Waals surface area contributed by atoms with Gasteiger partial charge in [-0.25, -0.2) is 10.4 Å². The first-order chi connectivity index (χ1) is 16.7. The monoisotopic (exact) mass is 483 g/mol. The van der Waals surface area contributed by atoms with Crippen LogP contribution in [0.2, 0.25) is 0 Å². The van der Waals surface area contributed by atoms with E-state index >= 15 is 0 Å². The van der Waals surface area contributed by atoms with Gasteiger partial charge in [0.05, 0.1) is 18.4 Å². The molecule has 3 heterocycles. The molecule has 0 spiro atoms. The van der Waals surface area contributed by atoms with Crippen LogP contribution in [0.3, 0.4) is 0 Å². The number of rotatable bonds is 8. The average Bonchev–Trinajstić information content (AvgIpc) is 3.56. The lowest BCUT2D eigenvalue weighted by Gasteiger charge is -2.42. The van der Waals surface area contributed by atoms with Gasteiger partial charge in [-0.1, -0.05) is 19.9 Å². The minimum absolute atomic E-state index is 0.0536. The Labute approximate surface area is 204 Å². The highest BCUT2D eigenvalue weighted by Crippen LogP contribution is 2.35. The van der Waals surface area contributed by atoms with Gasteiger partial charge in [0.1, 0.15) is 6.17 Å². The van der Waals surface area contributed by atoms with Crippen LogP contribution in [-0.2, 0) is 20.9 Å². The van der Waals surface area contributed by atoms with E-state index < -0.39 is 18.0 Å². The lowest BCUT2D eigenvalue weighted by atomic mass is 9.95. The normalized spacial score (nSPS) is 24.4. The average molecular weight is 484 g/mol. The maximum absolute atomic E-state index is 13.3. The SMILES string of the molecule is CC(C)CN1C(O)=C(C(=O)NC2CC2)C(=O)N2NC(C)C(/C=C/C(=O)N(C)Cc3cnccn3)C12. The van der Waals surface area contributed by atoms with Crippen LogP contribution >= 0.6 is 0 Å². The fourth-order valence-electron chi connectivity index (χ4n) is 4.41. The third-order valence-corrected chi connectivity index (χ3v) is 6.33. The molecule has 2 fully saturated rings. The quantitative estimate of drug-likeness (QED) is 0.364. The van der Waals surface area contributed by atoms with Crippen molar-refractivity contribution in [2.24, 2.45) is 11.8 Å². The molecule has 1 saturated carbocycles. The second kappa shape index (κ2) is 10.0. The Morgan fingerprint density at radius 2 is 2.09 bits per heavy atom. The summed E-state index contributed by atoms with van der Waals surface area (Å²) in [6.07, 6.45) is 9.17. The number of hydrogen-bond donors (Lipinski definition) is 3. The maximum atomic E-state index is 13.3. The van der Waals surface area contributed by atoms with Crippen LogP contribution in [0.15, 0.2) is 42.2 Å². The Morgan fingerprint density at radius 1 is 1.34 bits per heavy atom. The first kappa shape index (κ1) is 24.6. The minimum atomic E-state index is -0.577. The molecule has 0 radical (unpaired) electrons. The van der Waals surface area contributed by atoms with Gasteiger partial charge in [0, 0.05) is 44.0 Å². The Hall–Kier alpha value is -3.47. The van der Waals surface area contributed by atoms with E-state index in [1.165, 1.54) is 16.0 Å². The molecule has 2 aliphatic heterocycles. The Bertz CT molecular complexity index is 1040. The van der Waals surface area contributed by atoms with Crippen molar-refractivity contribution in [3.63, 3.8) is 0 Å². The summed E-state index contributed by atoms with van der Waals surface area (Å²) in [6.45, 7) is 6.65. The number of aliphatic hydroxyl groups is 1. The highest BCUT2D eigenvalue weighted by molar-refractivity contribution is 6.19. The number of amides is 3. The molecule has 0 aromatic carbocycles. The minimum Gasteiger partial charge on any atom is -0.494 e. The smallest absolute Gasteiger partial charge is 0.280 e. The molecule has 3 aliphatic rings. The summed E-state index contributed by atoms with van der Waals surface area (Å²) < 4.78 is 0. The molecule has 1 saturated heterocycles. The molecule has 3 unspecified atom stereocenters. The van der Waals surface area contributed by atoms with Gasteiger partial charge in [0.15, 0.2) is 5.57 Å². The number of hydrazine groups is 1. The number of nitrogens with zero attached hydrogens (tertiary/aromatic N) is 5. The zero-order chi connectivity index (χ0) is 25.3. The number of fused-ring (bicyclic) bond motifs is 1. The molecule has 3 amide bonds. The Morgan fingerprint density at radius 3 is 2.71 bits per heavy atom. The van der Waals surface area contributed by atoms with Crippen molar-refractivity contribution >= 4 is 17.7 Å². The van der Waals surface area contributed by atoms with Crippen molar-refractivity contribution < 1.29 is 19.5 Å². The van der Waals surface area contributed by atoms with E-state index in [-0.39, 0.29) is 41.3 Å². The van der Waals surface area contributed by atoms with E-state index in [0.717, 1.165) is 12.8 Å². The third kappa shape index (κ3) is 5.29. The maximum Gasteiger partial charge on any atom is 0.280 e. The van der Waals surface area contributed by atoms with Gasteiger partial charge in [0.25, 0.3) is 11.8 Å². The first-order valence-electron chi connectivity index (χ1n) is 12.0. The molecule has 3 atom stereocenters. The van der Waals surface area contributed by atoms with Crippen LogP contribution in [0.4, 0.5) is 0 Å². The number of hydrogen-bond acceptors (Lipinski definition) is 8. The highest BCUT2D eigenvalue weighted by Gasteiger charge is 2.51. The van der Waals surface area contributed by atoms with Crippen LogP contribution in [-0.4, -0.2) is 79.4 Å². The molecule has 0 bridgehead atoms. The van der Waals surface area contributed by atoms with E-state index in [1.807, 2.05) is 20.8 Å². The van der Waals surface area contributed by atoms with Crippen molar-refractivity contribution in [1.82, 2.24) is 35.5 Å². The van der Waals surface area contributed by atoms with Gasteiger partial charge in [0.2, 0.25) is 11.8 Å². The van der Waals surface area contributed by atoms with Crippen LogP contribution in [0.5, 0.6) is 0 Å². The highest BCUT2D eigenvalue weighted by atomic mass is 16.3. The molecule has 11 heteroatoms. The van der Waals surface area contributed by atoms with E-state index in [9.17, 15) is 19.5 Å². The van der Waals surface area contributed by atoms with Crippen molar-refractivity contribution in [1.29, 1.82) is 0 Å². The molecule has 1 aliphatic carbocycles. The molecule has 1 aromatic rings. The lowest BCUT2D eigenvalue weighted by molar-refractivity contribution is -0.142. The summed E-state index contributed by atoms with van der Waals surface area (Å²) >= 11 is 0. The standard InChI is InChI=1S/C24H33N7O4/c1-14(2)12-30-22-18(7-8-19(32)29(4)13-17-11-25-9-10-26-17)15(3)28-31(22)24(35)20(23(30)34)21(33)27-16-5-6-16/h7-11,14-16,18,22,28,34H,5-6,12-13H2,1-4H3,(H,27,33)/b8-7+. The Kier molecular flexibility index (Phi) is 7.06. The Balaban J connectivity index is 1.56. The number of nitrogens with one attached hydrogen (secondary N) is 2. The van der Waals surface area contributed by atoms with Crippen LogP contribution in [0.1, 0.15) is 39.3 Å². The van der Waals surface area contributed by atoms with E-state index in [2.05, 4.69) is 20.7 Å². The first-order valence-corrected chi connectivity index (χ1v) is 12.0. The summed E-state index contributed by atoms with van der Waals surface area (Å²) in [6, 6.07) is -0.163. The molecular weight excluding hydrogens is 450 g/mol. The summed E-state index contributed by atoms with van der Waals surface area (Å²) in [7, 11) is 1.68. The van der Waals surface area contributed by atoms with Gasteiger partial charge in [-0.15, -0.1) is 0 Å². The van der Waals surface area contributed by atoms with Crippen molar-refractivity contribution in [3.8, 4) is 0 Å². The molecule has 188 valence electrons. The number of aromatic nitrogens is 2. The van der Waals surface area contributed by atoms with E-state index in [0.29, 0.717) is 18.8 Å². The van der Waals surface area contributed by atoms with Crippen molar-refractivity contribution in [2.75, 3.05) is 13.6 Å². The topological polar surface area (TPSA) is 131 Å². The van der Waals surface area contributed by atoms with Gasteiger partial charge >= 0.3 is 0 Å². The molecule has 3 N–H and O–H groups in total. The predicted octanol–water partition coefficient (Wildman–Crippen LogP) is 0.689. The summed E-state index contributed by atoms with van der Waals surface area (Å²) in [5.74, 6) is -1.82. The van der Waals surface area contributed by atoms with Crippen molar-refractivity contribution in [2.45, 2.75) is 58.4 Å². The van der Waals surface area contributed by atoms with Crippen LogP contribution < -0.4 is 10.7 Å². The van der Waals surface area contributed by atoms with E-state index in [1.54, 1.807) is 36.6 Å². The zero-order valence-electron chi connectivity index (χ0n) is 20.5. The summed E-state index contributed by atoms with van der Waals surface area (Å²) in [5, 5.41) is 15.3. The molecule has 11 nitrogen and oxygen atoms in total. The summed E-state index contributed by atoms with van der Waals surface area (Å²) in [4.78, 5) is 50.3. The number of carbonyl (C=O) groups is 3. The zero-order valence-corrected chi connectivity index (χ0v) is 20.5. The van der Waals surface area contributed by atoms with Gasteiger partial charge in [-0.3, -0.25) is 24.4 Å². The predicted molar refractivity (Wildman–Crippen MR) is 127 cm³/mol. The van der Waals surface area contributed by atoms with Crippen LogP contribution in [0.25, 0.3) is 0 Å². The number of aliphatic hydroxyl groups excluding tert-OH is 1. The lowest BCUT2D eigenvalue weighted by Crippen LogP contribution is -2.59. The van der Waals surface area contributed by atoms with Crippen molar-refractivity contribution in [3.05, 3.63) is 47.9 Å². The second-order valence-electron chi connectivity index (χ2n) is 9.83.